The fourth-order valence-corrected chi connectivity index (χ4v) is 10.1. The average Bonchev–Trinajstić information content (AvgIpc) is 3.68. The summed E-state index contributed by atoms with van der Waals surface area (Å²) in [5.41, 5.74) is 14.3. The van der Waals surface area contributed by atoms with Crippen molar-refractivity contribution >= 4 is 59.3 Å². The minimum Gasteiger partial charge on any atom is -0.309 e. The van der Waals surface area contributed by atoms with Crippen molar-refractivity contribution in [3.05, 3.63) is 162 Å². The second-order valence-electron chi connectivity index (χ2n) is 14.5. The van der Waals surface area contributed by atoms with Crippen LogP contribution in [0.1, 0.15) is 49.9 Å². The summed E-state index contributed by atoms with van der Waals surface area (Å²) < 4.78 is 2.64. The number of benzene rings is 7. The lowest BCUT2D eigenvalue weighted by Gasteiger charge is -2.32. The van der Waals surface area contributed by atoms with E-state index in [0.29, 0.717) is 0 Å². The highest BCUT2D eigenvalue weighted by molar-refractivity contribution is 7.25. The van der Waals surface area contributed by atoms with Crippen molar-refractivity contribution in [2.75, 3.05) is 4.90 Å². The third-order valence-corrected chi connectivity index (χ3v) is 12.3. The molecule has 0 aliphatic heterocycles. The van der Waals surface area contributed by atoms with Crippen LogP contribution in [0.15, 0.2) is 140 Å². The second-order valence-corrected chi connectivity index (χ2v) is 15.6. The van der Waals surface area contributed by atoms with Crippen LogP contribution >= 0.6 is 11.3 Å². The van der Waals surface area contributed by atoms with Gasteiger partial charge in [0.15, 0.2) is 0 Å². The molecule has 0 spiro atoms. The molecule has 230 valence electrons. The highest BCUT2D eigenvalue weighted by Gasteiger charge is 2.41. The average molecular weight is 634 g/mol. The van der Waals surface area contributed by atoms with E-state index in [9.17, 15) is 0 Å². The lowest BCUT2D eigenvalue weighted by Crippen LogP contribution is -2.17. The van der Waals surface area contributed by atoms with Crippen LogP contribution in [0.2, 0.25) is 0 Å². The minimum atomic E-state index is -0.143. The van der Waals surface area contributed by atoms with E-state index in [1.165, 1.54) is 92.5 Å². The van der Waals surface area contributed by atoms with E-state index < -0.39 is 0 Å². The Morgan fingerprint density at radius 2 is 1.08 bits per heavy atom. The van der Waals surface area contributed by atoms with Crippen molar-refractivity contribution in [3.63, 3.8) is 0 Å². The third kappa shape index (κ3) is 3.61. The summed E-state index contributed by atoms with van der Waals surface area (Å²) in [6.07, 6.45) is 0. The number of hydrogen-bond donors (Lipinski definition) is 0. The molecule has 0 atom stereocenters. The molecule has 2 aliphatic rings. The van der Waals surface area contributed by atoms with Crippen LogP contribution in [-0.2, 0) is 10.8 Å². The summed E-state index contributed by atoms with van der Waals surface area (Å²) in [4.78, 5) is 2.59. The Balaban J connectivity index is 1.35. The van der Waals surface area contributed by atoms with Gasteiger partial charge in [-0.2, -0.15) is 0 Å². The van der Waals surface area contributed by atoms with Gasteiger partial charge in [-0.15, -0.1) is 11.3 Å². The summed E-state index contributed by atoms with van der Waals surface area (Å²) >= 11 is 1.89. The molecule has 2 heteroatoms. The Kier molecular flexibility index (Phi) is 5.63. The van der Waals surface area contributed by atoms with E-state index in [1.54, 1.807) is 0 Å². The Morgan fingerprint density at radius 3 is 1.90 bits per heavy atom. The van der Waals surface area contributed by atoms with Gasteiger partial charge in [-0.05, 0) is 74.5 Å². The van der Waals surface area contributed by atoms with Gasteiger partial charge < -0.3 is 4.90 Å². The van der Waals surface area contributed by atoms with Crippen molar-refractivity contribution in [2.24, 2.45) is 0 Å². The van der Waals surface area contributed by atoms with E-state index in [4.69, 9.17) is 0 Å². The quantitative estimate of drug-likeness (QED) is 0.187. The Hall–Kier alpha value is -5.18. The molecule has 0 unspecified atom stereocenters. The number of hydrogen-bond acceptors (Lipinski definition) is 2. The van der Waals surface area contributed by atoms with Gasteiger partial charge in [-0.1, -0.05) is 137 Å². The normalized spacial score (nSPS) is 15.0. The summed E-state index contributed by atoms with van der Waals surface area (Å²) in [6, 6.07) is 52.4. The molecule has 0 amide bonds. The van der Waals surface area contributed by atoms with Gasteiger partial charge in [0, 0.05) is 47.8 Å². The number of thiophene rings is 1. The standard InChI is InChI=1S/C46H35NS/c1-45(2)35-19-10-7-17-33(35)42-37(45)21-13-22-38(42)47(29-24-25-32-31-16-9-12-23-40(31)48-41(32)27-29)39-26-28-14-5-6-15-30(28)44-43(39)34-18-8-11-20-36(34)46(44,3)4/h5-27H,1-4H3. The van der Waals surface area contributed by atoms with Crippen molar-refractivity contribution in [1.29, 1.82) is 0 Å². The largest absolute Gasteiger partial charge is 0.309 e. The molecule has 10 rings (SSSR count). The zero-order valence-electron chi connectivity index (χ0n) is 27.6. The molecular weight excluding hydrogens is 599 g/mol. The summed E-state index contributed by atoms with van der Waals surface area (Å²) in [5, 5.41) is 5.25. The molecule has 8 aromatic rings. The zero-order chi connectivity index (χ0) is 32.4. The second kappa shape index (κ2) is 9.69. The predicted octanol–water partition coefficient (Wildman–Crippen LogP) is 13.3. The van der Waals surface area contributed by atoms with Crippen LogP contribution in [0.3, 0.4) is 0 Å². The highest BCUT2D eigenvalue weighted by atomic mass is 32.1. The molecule has 1 nitrogen and oxygen atoms in total. The van der Waals surface area contributed by atoms with Gasteiger partial charge in [0.2, 0.25) is 0 Å². The first-order chi connectivity index (χ1) is 23.3. The Labute approximate surface area is 285 Å². The van der Waals surface area contributed by atoms with Gasteiger partial charge in [0.25, 0.3) is 0 Å². The van der Waals surface area contributed by atoms with Crippen LogP contribution < -0.4 is 4.90 Å². The van der Waals surface area contributed by atoms with E-state index in [1.807, 2.05) is 11.3 Å². The molecule has 48 heavy (non-hydrogen) atoms. The number of rotatable bonds is 3. The topological polar surface area (TPSA) is 3.24 Å². The third-order valence-electron chi connectivity index (χ3n) is 11.2. The molecule has 0 radical (unpaired) electrons. The van der Waals surface area contributed by atoms with Crippen molar-refractivity contribution in [2.45, 2.75) is 38.5 Å². The molecule has 0 bridgehead atoms. The number of anilines is 3. The summed E-state index contributed by atoms with van der Waals surface area (Å²) in [5.74, 6) is 0. The molecule has 1 aromatic heterocycles. The SMILES string of the molecule is CC1(C)c2ccccc2-c2c(N(c3ccc4c(c3)sc3ccccc34)c3cc4ccccc4c4c3-c3ccccc3C4(C)C)cccc21. The smallest absolute Gasteiger partial charge is 0.0549 e. The van der Waals surface area contributed by atoms with Crippen molar-refractivity contribution < 1.29 is 0 Å². The first kappa shape index (κ1) is 27.9. The molecule has 7 aromatic carbocycles. The van der Waals surface area contributed by atoms with E-state index >= 15 is 0 Å². The van der Waals surface area contributed by atoms with Crippen LogP contribution in [0.4, 0.5) is 17.1 Å². The van der Waals surface area contributed by atoms with Crippen LogP contribution in [0.5, 0.6) is 0 Å². The van der Waals surface area contributed by atoms with E-state index in [2.05, 4.69) is 172 Å². The monoisotopic (exact) mass is 633 g/mol. The number of nitrogens with zero attached hydrogens (tertiary/aromatic N) is 1. The fourth-order valence-electron chi connectivity index (χ4n) is 8.99. The van der Waals surface area contributed by atoms with Crippen molar-refractivity contribution in [1.82, 2.24) is 0 Å². The first-order valence-corrected chi connectivity index (χ1v) is 17.8. The minimum absolute atomic E-state index is 0.0943. The molecule has 0 N–H and O–H groups in total. The number of fused-ring (bicyclic) bond motifs is 11. The first-order valence-electron chi connectivity index (χ1n) is 16.9. The van der Waals surface area contributed by atoms with Crippen molar-refractivity contribution in [3.8, 4) is 22.3 Å². The Bertz CT molecular complexity index is 2630. The summed E-state index contributed by atoms with van der Waals surface area (Å²) in [7, 11) is 0. The van der Waals surface area contributed by atoms with Gasteiger partial charge in [0.05, 0.1) is 11.4 Å². The van der Waals surface area contributed by atoms with Gasteiger partial charge >= 0.3 is 0 Å². The lowest BCUT2D eigenvalue weighted by molar-refractivity contribution is 0.660. The lowest BCUT2D eigenvalue weighted by atomic mass is 9.80. The zero-order valence-corrected chi connectivity index (χ0v) is 28.5. The fraction of sp³-hybridized carbons (Fsp3) is 0.130. The molecule has 1 heterocycles. The molecular formula is C46H35NS. The molecule has 0 saturated heterocycles. The van der Waals surface area contributed by atoms with Gasteiger partial charge in [-0.3, -0.25) is 0 Å². The maximum absolute atomic E-state index is 2.59. The summed E-state index contributed by atoms with van der Waals surface area (Å²) in [6.45, 7) is 9.56. The van der Waals surface area contributed by atoms with Crippen LogP contribution in [-0.4, -0.2) is 0 Å². The predicted molar refractivity (Wildman–Crippen MR) is 207 cm³/mol. The van der Waals surface area contributed by atoms with Crippen LogP contribution in [0, 0.1) is 0 Å². The molecule has 2 aliphatic carbocycles. The van der Waals surface area contributed by atoms with Gasteiger partial charge in [-0.25, -0.2) is 0 Å². The maximum Gasteiger partial charge on any atom is 0.0549 e. The Morgan fingerprint density at radius 1 is 0.458 bits per heavy atom. The molecule has 0 fully saturated rings. The van der Waals surface area contributed by atoms with Crippen LogP contribution in [0.25, 0.3) is 53.2 Å². The highest BCUT2D eigenvalue weighted by Crippen LogP contribution is 2.59. The van der Waals surface area contributed by atoms with Gasteiger partial charge in [0.1, 0.15) is 0 Å². The van der Waals surface area contributed by atoms with E-state index in [-0.39, 0.29) is 10.8 Å². The van der Waals surface area contributed by atoms with E-state index in [0.717, 1.165) is 0 Å². The maximum atomic E-state index is 2.59. The molecule has 0 saturated carbocycles.